The van der Waals surface area contributed by atoms with E-state index in [2.05, 4.69) is 10.6 Å². The molecule has 0 bridgehead atoms. The molecule has 0 saturated heterocycles. The van der Waals surface area contributed by atoms with E-state index in [1.807, 2.05) is 0 Å². The van der Waals surface area contributed by atoms with Crippen molar-refractivity contribution in [1.82, 2.24) is 0 Å². The van der Waals surface area contributed by atoms with Crippen LogP contribution in [-0.2, 0) is 11.2 Å². The van der Waals surface area contributed by atoms with E-state index in [0.717, 1.165) is 5.56 Å². The summed E-state index contributed by atoms with van der Waals surface area (Å²) in [5, 5.41) is 5.46. The van der Waals surface area contributed by atoms with Crippen molar-refractivity contribution in [3.63, 3.8) is 0 Å². The number of ketones is 1. The van der Waals surface area contributed by atoms with E-state index in [1.54, 1.807) is 60.7 Å². The predicted molar refractivity (Wildman–Crippen MR) is 135 cm³/mol. The van der Waals surface area contributed by atoms with Crippen molar-refractivity contribution < 1.29 is 23.9 Å². The summed E-state index contributed by atoms with van der Waals surface area (Å²) < 4.78 is 10.6. The second-order valence-electron chi connectivity index (χ2n) is 7.91. The number of Topliss-reactive ketones (excluding diaryl/α,β-unsaturated/α-hetero) is 1. The van der Waals surface area contributed by atoms with Gasteiger partial charge in [0.1, 0.15) is 0 Å². The van der Waals surface area contributed by atoms with Gasteiger partial charge in [0.15, 0.2) is 17.3 Å². The Morgan fingerprint density at radius 3 is 1.86 bits per heavy atom. The van der Waals surface area contributed by atoms with Gasteiger partial charge in [-0.15, -0.1) is 0 Å². The number of nitrogen functional groups attached to an aromatic ring is 1. The van der Waals surface area contributed by atoms with Gasteiger partial charge in [0.25, 0.3) is 0 Å². The summed E-state index contributed by atoms with van der Waals surface area (Å²) in [6, 6.07) is 16.5. The molecule has 182 valence electrons. The predicted octanol–water partition coefficient (Wildman–Crippen LogP) is 3.94. The van der Waals surface area contributed by atoms with E-state index in [0.29, 0.717) is 39.7 Å². The van der Waals surface area contributed by atoms with Gasteiger partial charge in [-0.3, -0.25) is 9.59 Å². The molecule has 0 aliphatic carbocycles. The lowest BCUT2D eigenvalue weighted by Crippen LogP contribution is -2.25. The zero-order valence-electron chi connectivity index (χ0n) is 19.8. The smallest absolute Gasteiger partial charge is 0.323 e. The summed E-state index contributed by atoms with van der Waals surface area (Å²) in [6.07, 6.45) is 0.253. The molecule has 0 aliphatic heterocycles. The van der Waals surface area contributed by atoms with Crippen LogP contribution in [-0.4, -0.2) is 31.9 Å². The molecule has 3 rings (SSSR count). The lowest BCUT2D eigenvalue weighted by molar-refractivity contribution is -0.119. The van der Waals surface area contributed by atoms with Gasteiger partial charge < -0.3 is 31.6 Å². The number of hydrogen-bond acceptors (Lipinski definition) is 6. The van der Waals surface area contributed by atoms with Crippen LogP contribution in [0.5, 0.6) is 11.5 Å². The van der Waals surface area contributed by atoms with Gasteiger partial charge in [-0.2, -0.15) is 0 Å². The van der Waals surface area contributed by atoms with Crippen molar-refractivity contribution in [3.8, 4) is 11.5 Å². The summed E-state index contributed by atoms with van der Waals surface area (Å²) in [5.41, 5.74) is 14.7. The van der Waals surface area contributed by atoms with E-state index in [-0.39, 0.29) is 12.2 Å². The molecule has 0 saturated carbocycles. The highest BCUT2D eigenvalue weighted by Gasteiger charge is 2.25. The normalized spacial score (nSPS) is 11.3. The molecule has 0 fully saturated rings. The maximum atomic E-state index is 12.4. The number of urea groups is 1. The summed E-state index contributed by atoms with van der Waals surface area (Å²) in [6.45, 7) is 1.42. The Hall–Kier alpha value is -4.53. The molecule has 0 heterocycles. The molecule has 3 amide bonds. The van der Waals surface area contributed by atoms with E-state index in [9.17, 15) is 14.4 Å². The first-order valence-electron chi connectivity index (χ1n) is 10.8. The molecule has 9 heteroatoms. The Morgan fingerprint density at radius 2 is 1.37 bits per heavy atom. The number of methoxy groups -OCH3 is 2. The average molecular weight is 477 g/mol. The fourth-order valence-electron chi connectivity index (χ4n) is 3.67. The number of carbonyl (C=O) groups excluding carboxylic acids is 3. The highest BCUT2D eigenvalue weighted by Crippen LogP contribution is 2.35. The van der Waals surface area contributed by atoms with Gasteiger partial charge in [0, 0.05) is 22.6 Å². The number of amides is 3. The molecule has 1 unspecified atom stereocenters. The molecule has 0 radical (unpaired) electrons. The molecule has 3 aromatic carbocycles. The van der Waals surface area contributed by atoms with Gasteiger partial charge in [0.2, 0.25) is 5.91 Å². The first kappa shape index (κ1) is 25.1. The van der Waals surface area contributed by atoms with E-state index in [4.69, 9.17) is 20.9 Å². The second-order valence-corrected chi connectivity index (χ2v) is 7.91. The number of nitrogens with two attached hydrogens (primary N) is 2. The number of carbonyl (C=O) groups is 3. The van der Waals surface area contributed by atoms with Crippen molar-refractivity contribution in [1.29, 1.82) is 0 Å². The number of primary amides is 1. The third-order valence-corrected chi connectivity index (χ3v) is 5.47. The summed E-state index contributed by atoms with van der Waals surface area (Å²) in [5.74, 6) is -0.798. The second kappa shape index (κ2) is 11.1. The Kier molecular flexibility index (Phi) is 7.93. The van der Waals surface area contributed by atoms with Crippen LogP contribution in [0.3, 0.4) is 0 Å². The lowest BCUT2D eigenvalue weighted by Gasteiger charge is -2.20. The van der Waals surface area contributed by atoms with E-state index < -0.39 is 17.9 Å². The third kappa shape index (κ3) is 6.29. The largest absolute Gasteiger partial charge is 0.493 e. The van der Waals surface area contributed by atoms with Crippen LogP contribution in [0.1, 0.15) is 34.3 Å². The molecule has 6 N–H and O–H groups in total. The highest BCUT2D eigenvalue weighted by atomic mass is 16.5. The first-order chi connectivity index (χ1) is 16.7. The average Bonchev–Trinajstić information content (AvgIpc) is 2.83. The van der Waals surface area contributed by atoms with Gasteiger partial charge >= 0.3 is 6.03 Å². The Labute approximate surface area is 203 Å². The van der Waals surface area contributed by atoms with Crippen LogP contribution in [0.4, 0.5) is 21.9 Å². The molecule has 0 aliphatic rings. The minimum absolute atomic E-state index is 0.223. The number of benzene rings is 3. The fraction of sp³-hybridized carbons (Fsp3) is 0.192. The zero-order chi connectivity index (χ0) is 25.5. The third-order valence-electron chi connectivity index (χ3n) is 5.47. The number of rotatable bonds is 9. The van der Waals surface area contributed by atoms with Gasteiger partial charge in [0.05, 0.1) is 20.1 Å². The topological polar surface area (TPSA) is 146 Å². The molecule has 0 aromatic heterocycles. The number of anilines is 3. The van der Waals surface area contributed by atoms with Crippen LogP contribution in [0.15, 0.2) is 60.7 Å². The molecule has 35 heavy (non-hydrogen) atoms. The van der Waals surface area contributed by atoms with Gasteiger partial charge in [-0.25, -0.2) is 4.79 Å². The van der Waals surface area contributed by atoms with Crippen molar-refractivity contribution >= 4 is 34.8 Å². The number of ether oxygens (including phenoxy) is 2. The summed E-state index contributed by atoms with van der Waals surface area (Å²) >= 11 is 0. The first-order valence-corrected chi connectivity index (χ1v) is 10.8. The van der Waals surface area contributed by atoms with Crippen LogP contribution in [0.2, 0.25) is 0 Å². The van der Waals surface area contributed by atoms with Crippen LogP contribution < -0.4 is 31.6 Å². The Morgan fingerprint density at radius 1 is 0.857 bits per heavy atom. The van der Waals surface area contributed by atoms with E-state index >= 15 is 0 Å². The van der Waals surface area contributed by atoms with Crippen LogP contribution in [0, 0.1) is 0 Å². The quantitative estimate of drug-likeness (QED) is 0.272. The molecular weight excluding hydrogens is 448 g/mol. The number of hydrogen-bond donors (Lipinski definition) is 4. The van der Waals surface area contributed by atoms with Crippen molar-refractivity contribution in [2.24, 2.45) is 5.73 Å². The standard InChI is InChI=1S/C26H28N4O5/c1-15(31)20-13-23(34-2)24(35-3)14-21(20)22(25(28)32)12-16-4-8-18(9-5-16)29-26(33)30-19-10-6-17(27)7-11-19/h4-11,13-14,22H,12,27H2,1-3H3,(H2,28,32)(H2,29,30,33). The monoisotopic (exact) mass is 476 g/mol. The molecule has 3 aromatic rings. The molecule has 9 nitrogen and oxygen atoms in total. The van der Waals surface area contributed by atoms with Gasteiger partial charge in [-0.1, -0.05) is 12.1 Å². The maximum Gasteiger partial charge on any atom is 0.323 e. The summed E-state index contributed by atoms with van der Waals surface area (Å²) in [4.78, 5) is 37.0. The van der Waals surface area contributed by atoms with E-state index in [1.165, 1.54) is 21.1 Å². The SMILES string of the molecule is COc1cc(C(C)=O)c(C(Cc2ccc(NC(=O)Nc3ccc(N)cc3)cc2)C(N)=O)cc1OC. The molecular formula is C26H28N4O5. The van der Waals surface area contributed by atoms with Crippen molar-refractivity contribution in [2.75, 3.05) is 30.6 Å². The highest BCUT2D eigenvalue weighted by molar-refractivity contribution is 6.00. The Bertz CT molecular complexity index is 1220. The van der Waals surface area contributed by atoms with Crippen LogP contribution in [0.25, 0.3) is 0 Å². The summed E-state index contributed by atoms with van der Waals surface area (Å²) in [7, 11) is 2.95. The lowest BCUT2D eigenvalue weighted by atomic mass is 9.86. The maximum absolute atomic E-state index is 12.4. The van der Waals surface area contributed by atoms with Crippen molar-refractivity contribution in [2.45, 2.75) is 19.3 Å². The van der Waals surface area contributed by atoms with Gasteiger partial charge in [-0.05, 0) is 73.0 Å². The number of nitrogens with one attached hydrogen (secondary N) is 2. The zero-order valence-corrected chi connectivity index (χ0v) is 19.8. The van der Waals surface area contributed by atoms with Crippen LogP contribution >= 0.6 is 0 Å². The Balaban J connectivity index is 1.78. The fourth-order valence-corrected chi connectivity index (χ4v) is 3.67. The molecule has 1 atom stereocenters. The minimum Gasteiger partial charge on any atom is -0.493 e. The van der Waals surface area contributed by atoms with Crippen molar-refractivity contribution in [3.05, 3.63) is 77.4 Å². The molecule has 0 spiro atoms. The minimum atomic E-state index is -0.777.